The molecule has 0 radical (unpaired) electrons. The molecule has 6 heterocycles. The van der Waals surface area contributed by atoms with E-state index in [1.54, 1.807) is 4.90 Å². The molecule has 10 rings (SSSR count). The topological polar surface area (TPSA) is 136 Å². The number of hydrogen-bond acceptors (Lipinski definition) is 12. The zero-order chi connectivity index (χ0) is 39.9. The van der Waals surface area contributed by atoms with Crippen molar-refractivity contribution < 1.29 is 52.5 Å². The number of nitrogens with zero attached hydrogens (tertiary/aromatic N) is 1. The molecule has 0 saturated carbocycles. The van der Waals surface area contributed by atoms with Crippen molar-refractivity contribution in [1.82, 2.24) is 10.2 Å². The SMILES string of the molecule is CC(C)(C)OC(=O)N1CCC(C(O)(c2ccc3c(c2)OCO3)c2ccc3c(c2)OCO3)CC1.c1cc2c(cc1C(c1ccc3c(c1)OCO3)C1CCNCC1)OCO2. The second kappa shape index (κ2) is 15.7. The molecule has 2 fully saturated rings. The Morgan fingerprint density at radius 3 is 1.48 bits per heavy atom. The molecule has 4 aromatic rings. The summed E-state index contributed by atoms with van der Waals surface area (Å²) in [5.74, 6) is 6.64. The standard InChI is InChI=1S/C25H29NO7.C20H21NO4/c1-24(2,3)33-23(27)26-10-8-16(9-11-26)25(28,17-4-6-19-21(12-17)31-14-29-19)18-5-7-20-22(13-18)32-15-30-20;1-3-16-18(24-11-22-16)9-14(1)20(13-5-7-21-8-6-13)15-2-4-17-19(10-15)25-12-23-17/h4-7,12-13,16,28H,8-11,14-15H2,1-3H3;1-4,9-10,13,20-21H,5-8,11-12H2. The van der Waals surface area contributed by atoms with Crippen LogP contribution in [-0.4, -0.2) is 75.1 Å². The third kappa shape index (κ3) is 7.60. The fraction of sp³-hybridized carbons (Fsp3) is 0.444. The summed E-state index contributed by atoms with van der Waals surface area (Å²) in [6.45, 7) is 9.63. The van der Waals surface area contributed by atoms with E-state index in [9.17, 15) is 9.90 Å². The van der Waals surface area contributed by atoms with E-state index < -0.39 is 11.2 Å². The third-order valence-corrected chi connectivity index (χ3v) is 11.7. The second-order valence-corrected chi connectivity index (χ2v) is 16.4. The van der Waals surface area contributed by atoms with Gasteiger partial charge in [-0.15, -0.1) is 0 Å². The van der Waals surface area contributed by atoms with Gasteiger partial charge in [0.25, 0.3) is 0 Å². The molecule has 13 heteroatoms. The predicted molar refractivity (Wildman–Crippen MR) is 211 cm³/mol. The number of nitrogens with one attached hydrogen (secondary N) is 1. The maximum atomic E-state index is 12.5. The number of piperidine rings is 2. The molecule has 6 aliphatic heterocycles. The first-order valence-electron chi connectivity index (χ1n) is 20.1. The smallest absolute Gasteiger partial charge is 0.410 e. The van der Waals surface area contributed by atoms with E-state index >= 15 is 0 Å². The molecule has 2 saturated heterocycles. The first-order chi connectivity index (χ1) is 28.1. The highest BCUT2D eigenvalue weighted by Gasteiger charge is 2.44. The van der Waals surface area contributed by atoms with Gasteiger partial charge in [0, 0.05) is 19.0 Å². The van der Waals surface area contributed by atoms with Crippen LogP contribution in [0.25, 0.3) is 0 Å². The Hall–Kier alpha value is -5.53. The van der Waals surface area contributed by atoms with Crippen LogP contribution in [-0.2, 0) is 10.3 Å². The zero-order valence-electron chi connectivity index (χ0n) is 33.1. The number of hydrogen-bond donors (Lipinski definition) is 2. The van der Waals surface area contributed by atoms with Crippen LogP contribution in [0.1, 0.15) is 74.6 Å². The fourth-order valence-corrected chi connectivity index (χ4v) is 8.84. The van der Waals surface area contributed by atoms with Gasteiger partial charge in [0.2, 0.25) is 27.2 Å². The molecule has 0 unspecified atom stereocenters. The Balaban J connectivity index is 0.000000156. The largest absolute Gasteiger partial charge is 0.454 e. The average Bonchev–Trinajstić information content (AvgIpc) is 4.08. The van der Waals surface area contributed by atoms with Gasteiger partial charge in [-0.2, -0.15) is 0 Å². The molecule has 6 aliphatic rings. The highest BCUT2D eigenvalue weighted by atomic mass is 16.7. The Labute approximate surface area is 338 Å². The van der Waals surface area contributed by atoms with Gasteiger partial charge in [-0.1, -0.05) is 24.3 Å². The van der Waals surface area contributed by atoms with E-state index in [0.29, 0.717) is 85.5 Å². The highest BCUT2D eigenvalue weighted by molar-refractivity contribution is 5.68. The predicted octanol–water partition coefficient (Wildman–Crippen LogP) is 7.30. The van der Waals surface area contributed by atoms with Gasteiger partial charge in [0.1, 0.15) is 11.2 Å². The van der Waals surface area contributed by atoms with E-state index in [4.69, 9.17) is 42.6 Å². The molecule has 0 atom stereocenters. The van der Waals surface area contributed by atoms with Crippen LogP contribution in [0.3, 0.4) is 0 Å². The lowest BCUT2D eigenvalue weighted by molar-refractivity contribution is -0.0239. The first-order valence-corrected chi connectivity index (χ1v) is 20.1. The fourth-order valence-electron chi connectivity index (χ4n) is 8.84. The summed E-state index contributed by atoms with van der Waals surface area (Å²) < 4.78 is 49.8. The number of rotatable bonds is 6. The number of aliphatic hydroxyl groups is 1. The molecule has 4 aromatic carbocycles. The molecule has 58 heavy (non-hydrogen) atoms. The van der Waals surface area contributed by atoms with Crippen LogP contribution in [0.4, 0.5) is 4.79 Å². The molecule has 0 aromatic heterocycles. The summed E-state index contributed by atoms with van der Waals surface area (Å²) in [4.78, 5) is 14.3. The van der Waals surface area contributed by atoms with Crippen molar-refractivity contribution in [3.05, 3.63) is 95.1 Å². The molecular formula is C45H50N2O11. The average molecular weight is 795 g/mol. The number of carbonyl (C=O) groups is 1. The number of ether oxygens (including phenoxy) is 9. The maximum Gasteiger partial charge on any atom is 0.410 e. The van der Waals surface area contributed by atoms with E-state index in [1.165, 1.54) is 11.1 Å². The summed E-state index contributed by atoms with van der Waals surface area (Å²) in [5, 5.41) is 15.8. The van der Waals surface area contributed by atoms with E-state index in [0.717, 1.165) is 48.9 Å². The lowest BCUT2D eigenvalue weighted by Crippen LogP contribution is -2.47. The van der Waals surface area contributed by atoms with Crippen molar-refractivity contribution in [2.75, 3.05) is 53.4 Å². The Bertz CT molecular complexity index is 2020. The normalized spacial score (nSPS) is 18.3. The van der Waals surface area contributed by atoms with Crippen LogP contribution in [0, 0.1) is 11.8 Å². The minimum atomic E-state index is -1.32. The van der Waals surface area contributed by atoms with Gasteiger partial charge in [0.15, 0.2) is 46.0 Å². The molecule has 0 aliphatic carbocycles. The van der Waals surface area contributed by atoms with Crippen molar-refractivity contribution in [1.29, 1.82) is 0 Å². The van der Waals surface area contributed by atoms with Gasteiger partial charge in [-0.25, -0.2) is 4.79 Å². The van der Waals surface area contributed by atoms with Crippen molar-refractivity contribution in [3.8, 4) is 46.0 Å². The van der Waals surface area contributed by atoms with Crippen LogP contribution in [0.2, 0.25) is 0 Å². The quantitative estimate of drug-likeness (QED) is 0.203. The first kappa shape index (κ1) is 38.0. The summed E-state index contributed by atoms with van der Waals surface area (Å²) in [7, 11) is 0. The van der Waals surface area contributed by atoms with Crippen molar-refractivity contribution >= 4 is 6.09 Å². The molecule has 0 bridgehead atoms. The van der Waals surface area contributed by atoms with E-state index in [2.05, 4.69) is 29.6 Å². The molecule has 0 spiro atoms. The van der Waals surface area contributed by atoms with Gasteiger partial charge in [0.05, 0.1) is 0 Å². The Kier molecular flexibility index (Phi) is 10.3. The number of carbonyl (C=O) groups excluding carboxylic acids is 1. The molecule has 13 nitrogen and oxygen atoms in total. The molecular weight excluding hydrogens is 744 g/mol. The highest BCUT2D eigenvalue weighted by Crippen LogP contribution is 2.48. The molecule has 1 amide bonds. The van der Waals surface area contributed by atoms with Gasteiger partial charge >= 0.3 is 6.09 Å². The van der Waals surface area contributed by atoms with Crippen LogP contribution >= 0.6 is 0 Å². The third-order valence-electron chi connectivity index (χ3n) is 11.7. The molecule has 306 valence electrons. The van der Waals surface area contributed by atoms with Gasteiger partial charge in [-0.05, 0) is 142 Å². The minimum absolute atomic E-state index is 0.142. The second-order valence-electron chi connectivity index (χ2n) is 16.4. The minimum Gasteiger partial charge on any atom is -0.454 e. The summed E-state index contributed by atoms with van der Waals surface area (Å²) in [5.41, 5.74) is 2.10. The monoisotopic (exact) mass is 794 g/mol. The number of likely N-dealkylation sites (tertiary alicyclic amines) is 1. The van der Waals surface area contributed by atoms with Gasteiger partial charge in [-0.3, -0.25) is 0 Å². The maximum absolute atomic E-state index is 12.5. The van der Waals surface area contributed by atoms with Crippen molar-refractivity contribution in [2.45, 2.75) is 63.6 Å². The lowest BCUT2D eigenvalue weighted by atomic mass is 9.72. The van der Waals surface area contributed by atoms with Gasteiger partial charge < -0.3 is 58.0 Å². The Morgan fingerprint density at radius 2 is 1.03 bits per heavy atom. The summed E-state index contributed by atoms with van der Waals surface area (Å²) in [6, 6.07) is 23.8. The summed E-state index contributed by atoms with van der Waals surface area (Å²) in [6.07, 6.45) is 3.22. The van der Waals surface area contributed by atoms with Crippen molar-refractivity contribution in [3.63, 3.8) is 0 Å². The number of benzene rings is 4. The van der Waals surface area contributed by atoms with Crippen LogP contribution in [0.5, 0.6) is 46.0 Å². The number of fused-ring (bicyclic) bond motifs is 4. The lowest BCUT2D eigenvalue weighted by Gasteiger charge is -2.42. The van der Waals surface area contributed by atoms with E-state index in [-0.39, 0.29) is 25.6 Å². The number of amides is 1. The van der Waals surface area contributed by atoms with E-state index in [1.807, 2.05) is 69.3 Å². The summed E-state index contributed by atoms with van der Waals surface area (Å²) >= 11 is 0. The van der Waals surface area contributed by atoms with Crippen LogP contribution < -0.4 is 43.2 Å². The zero-order valence-corrected chi connectivity index (χ0v) is 33.1. The van der Waals surface area contributed by atoms with Crippen LogP contribution in [0.15, 0.2) is 72.8 Å². The molecule has 2 N–H and O–H groups in total. The Morgan fingerprint density at radius 1 is 0.621 bits per heavy atom. The van der Waals surface area contributed by atoms with Crippen molar-refractivity contribution in [2.24, 2.45) is 11.8 Å².